The highest BCUT2D eigenvalue weighted by atomic mass is 32.2. The van der Waals surface area contributed by atoms with Crippen molar-refractivity contribution in [3.63, 3.8) is 0 Å². The van der Waals surface area contributed by atoms with Gasteiger partial charge >= 0.3 is 0 Å². The van der Waals surface area contributed by atoms with Crippen LogP contribution < -0.4 is 10.0 Å². The number of nitrogens with zero attached hydrogens (tertiary/aromatic N) is 2. The fourth-order valence-electron chi connectivity index (χ4n) is 1.27. The maximum Gasteiger partial charge on any atom is 0.211 e. The van der Waals surface area contributed by atoms with Crippen molar-refractivity contribution in [2.24, 2.45) is 0 Å². The molecular formula is C10H18N4O2S. The van der Waals surface area contributed by atoms with E-state index < -0.39 is 10.0 Å². The fraction of sp³-hybridized carbons (Fsp3) is 0.600. The van der Waals surface area contributed by atoms with Gasteiger partial charge in [0, 0.05) is 6.20 Å². The lowest BCUT2D eigenvalue weighted by atomic mass is 10.3. The lowest BCUT2D eigenvalue weighted by Crippen LogP contribution is -2.26. The minimum atomic E-state index is -3.20. The summed E-state index contributed by atoms with van der Waals surface area (Å²) >= 11 is 0. The summed E-state index contributed by atoms with van der Waals surface area (Å²) in [6.07, 6.45) is 4.49. The van der Waals surface area contributed by atoms with Gasteiger partial charge in [0.15, 0.2) is 0 Å². The Hall–Kier alpha value is -1.05. The predicted octanol–water partition coefficient (Wildman–Crippen LogP) is -0.104. The van der Waals surface area contributed by atoms with Crippen molar-refractivity contribution >= 4 is 10.0 Å². The quantitative estimate of drug-likeness (QED) is 0.636. The molecule has 0 saturated carbocycles. The first-order valence-corrected chi connectivity index (χ1v) is 7.16. The molecule has 0 amide bonds. The van der Waals surface area contributed by atoms with Gasteiger partial charge in [0.1, 0.15) is 6.33 Å². The van der Waals surface area contributed by atoms with Gasteiger partial charge in [-0.05, 0) is 32.5 Å². The summed E-state index contributed by atoms with van der Waals surface area (Å²) in [4.78, 5) is 7.71. The van der Waals surface area contributed by atoms with Crippen LogP contribution in [-0.2, 0) is 16.6 Å². The van der Waals surface area contributed by atoms with Gasteiger partial charge < -0.3 is 5.32 Å². The second-order valence-electron chi connectivity index (χ2n) is 3.65. The monoisotopic (exact) mass is 258 g/mol. The summed E-state index contributed by atoms with van der Waals surface area (Å²) in [5.41, 5.74) is 0.666. The van der Waals surface area contributed by atoms with Crippen LogP contribution in [0.1, 0.15) is 18.5 Å². The van der Waals surface area contributed by atoms with Crippen LogP contribution in [-0.4, -0.2) is 37.7 Å². The molecule has 2 N–H and O–H groups in total. The highest BCUT2D eigenvalue weighted by Gasteiger charge is 2.09. The van der Waals surface area contributed by atoms with Crippen molar-refractivity contribution in [2.75, 3.05) is 19.3 Å². The number of hydrogen-bond acceptors (Lipinski definition) is 5. The van der Waals surface area contributed by atoms with E-state index in [4.69, 9.17) is 0 Å². The molecular weight excluding hydrogens is 240 g/mol. The van der Waals surface area contributed by atoms with Crippen molar-refractivity contribution in [1.29, 1.82) is 0 Å². The maximum atomic E-state index is 11.6. The molecule has 0 aromatic carbocycles. The van der Waals surface area contributed by atoms with Crippen LogP contribution in [0.3, 0.4) is 0 Å². The van der Waals surface area contributed by atoms with Crippen LogP contribution >= 0.6 is 0 Å². The van der Waals surface area contributed by atoms with E-state index in [0.717, 1.165) is 13.0 Å². The zero-order valence-corrected chi connectivity index (χ0v) is 10.7. The van der Waals surface area contributed by atoms with E-state index in [1.165, 1.54) is 6.33 Å². The number of aromatic nitrogens is 2. The molecule has 0 unspecified atom stereocenters. The Morgan fingerprint density at radius 1 is 1.35 bits per heavy atom. The molecule has 0 spiro atoms. The Morgan fingerprint density at radius 3 is 2.82 bits per heavy atom. The number of sulfonamides is 1. The molecule has 1 rings (SSSR count). The van der Waals surface area contributed by atoms with Crippen molar-refractivity contribution in [2.45, 2.75) is 19.4 Å². The van der Waals surface area contributed by atoms with Crippen LogP contribution in [0.15, 0.2) is 18.6 Å². The highest BCUT2D eigenvalue weighted by molar-refractivity contribution is 7.89. The number of unbranched alkanes of at least 4 members (excludes halogenated alkanes) is 1. The third-order valence-corrected chi connectivity index (χ3v) is 3.62. The molecule has 0 fully saturated rings. The zero-order valence-electron chi connectivity index (χ0n) is 9.89. The summed E-state index contributed by atoms with van der Waals surface area (Å²) in [6, 6.07) is 1.68. The third-order valence-electron chi connectivity index (χ3n) is 2.21. The topological polar surface area (TPSA) is 84.0 Å². The first-order valence-electron chi connectivity index (χ1n) is 5.51. The van der Waals surface area contributed by atoms with E-state index >= 15 is 0 Å². The normalized spacial score (nSPS) is 11.6. The second-order valence-corrected chi connectivity index (χ2v) is 5.58. The summed E-state index contributed by atoms with van der Waals surface area (Å²) < 4.78 is 25.7. The summed E-state index contributed by atoms with van der Waals surface area (Å²) in [5, 5.41) is 2.98. The van der Waals surface area contributed by atoms with Gasteiger partial charge in [-0.2, -0.15) is 0 Å². The Labute approximate surface area is 102 Å². The van der Waals surface area contributed by atoms with Crippen LogP contribution in [0.25, 0.3) is 0 Å². The summed E-state index contributed by atoms with van der Waals surface area (Å²) in [7, 11) is -1.35. The largest absolute Gasteiger partial charge is 0.320 e. The van der Waals surface area contributed by atoms with Gasteiger partial charge in [0.2, 0.25) is 10.0 Å². The van der Waals surface area contributed by atoms with Gasteiger partial charge in [0.25, 0.3) is 0 Å². The minimum absolute atomic E-state index is 0.153. The standard InChI is InChI=1S/C10H18N4O2S/c1-11-5-2-3-7-17(15,16)14-8-10-4-6-12-9-13-10/h4,6,9,11,14H,2-3,5,7-8H2,1H3. The first-order chi connectivity index (χ1) is 8.14. The lowest BCUT2D eigenvalue weighted by Gasteiger charge is -2.05. The van der Waals surface area contributed by atoms with Crippen LogP contribution in [0.4, 0.5) is 0 Å². The van der Waals surface area contributed by atoms with Gasteiger partial charge in [-0.25, -0.2) is 23.1 Å². The minimum Gasteiger partial charge on any atom is -0.320 e. The molecule has 0 atom stereocenters. The third kappa shape index (κ3) is 6.30. The average molecular weight is 258 g/mol. The van der Waals surface area contributed by atoms with Crippen LogP contribution in [0, 0.1) is 0 Å². The van der Waals surface area contributed by atoms with Crippen molar-refractivity contribution in [3.8, 4) is 0 Å². The molecule has 17 heavy (non-hydrogen) atoms. The smallest absolute Gasteiger partial charge is 0.211 e. The highest BCUT2D eigenvalue weighted by Crippen LogP contribution is 1.96. The van der Waals surface area contributed by atoms with E-state index in [1.807, 2.05) is 7.05 Å². The zero-order chi connectivity index (χ0) is 12.6. The molecule has 96 valence electrons. The Bertz CT molecular complexity index is 408. The number of hydrogen-bond donors (Lipinski definition) is 2. The van der Waals surface area contributed by atoms with Gasteiger partial charge in [0.05, 0.1) is 18.0 Å². The summed E-state index contributed by atoms with van der Waals surface area (Å²) in [5.74, 6) is 0.153. The fourth-order valence-corrected chi connectivity index (χ4v) is 2.37. The van der Waals surface area contributed by atoms with Crippen LogP contribution in [0.2, 0.25) is 0 Å². The van der Waals surface area contributed by atoms with Crippen molar-refractivity contribution in [3.05, 3.63) is 24.3 Å². The maximum absolute atomic E-state index is 11.6. The van der Waals surface area contributed by atoms with Crippen LogP contribution in [0.5, 0.6) is 0 Å². The Morgan fingerprint density at radius 2 is 2.18 bits per heavy atom. The molecule has 1 aromatic heterocycles. The average Bonchev–Trinajstić information content (AvgIpc) is 2.34. The number of rotatable bonds is 8. The van der Waals surface area contributed by atoms with E-state index in [1.54, 1.807) is 12.3 Å². The number of nitrogens with one attached hydrogen (secondary N) is 2. The molecule has 1 aromatic rings. The van der Waals surface area contributed by atoms with E-state index in [0.29, 0.717) is 12.1 Å². The van der Waals surface area contributed by atoms with E-state index in [-0.39, 0.29) is 12.3 Å². The molecule has 7 heteroatoms. The summed E-state index contributed by atoms with van der Waals surface area (Å²) in [6.45, 7) is 1.05. The SMILES string of the molecule is CNCCCCS(=O)(=O)NCc1ccncn1. The predicted molar refractivity (Wildman–Crippen MR) is 65.8 cm³/mol. The van der Waals surface area contributed by atoms with Gasteiger partial charge in [-0.1, -0.05) is 0 Å². The molecule has 0 radical (unpaired) electrons. The molecule has 0 aliphatic carbocycles. The molecule has 1 heterocycles. The molecule has 0 aliphatic rings. The van der Waals surface area contributed by atoms with Crippen molar-refractivity contribution < 1.29 is 8.42 Å². The molecule has 0 saturated heterocycles. The molecule has 0 aliphatic heterocycles. The van der Waals surface area contributed by atoms with E-state index in [2.05, 4.69) is 20.0 Å². The molecule has 6 nitrogen and oxygen atoms in total. The first kappa shape index (κ1) is 14.0. The van der Waals surface area contributed by atoms with Gasteiger partial charge in [-0.15, -0.1) is 0 Å². The second kappa shape index (κ2) is 7.31. The molecule has 0 bridgehead atoms. The van der Waals surface area contributed by atoms with E-state index in [9.17, 15) is 8.42 Å². The Balaban J connectivity index is 2.30. The Kier molecular flexibility index (Phi) is 6.03. The van der Waals surface area contributed by atoms with Gasteiger partial charge in [-0.3, -0.25) is 0 Å². The van der Waals surface area contributed by atoms with Crippen molar-refractivity contribution in [1.82, 2.24) is 20.0 Å². The lowest BCUT2D eigenvalue weighted by molar-refractivity contribution is 0.574.